The normalized spacial score (nSPS) is 24.8. The SMILES string of the molecule is CC1CN(C=O)CC1(C)CO.COC(=O)C(C)(C)CC(C)C. The Kier molecular flexibility index (Phi) is 8.09. The van der Waals surface area contributed by atoms with Gasteiger partial charge in [-0.15, -0.1) is 0 Å². The lowest BCUT2D eigenvalue weighted by Crippen LogP contribution is -2.29. The second kappa shape index (κ2) is 8.51. The Morgan fingerprint density at radius 2 is 2.05 bits per heavy atom. The van der Waals surface area contributed by atoms with Gasteiger partial charge in [0.25, 0.3) is 0 Å². The highest BCUT2D eigenvalue weighted by molar-refractivity contribution is 5.75. The molecule has 1 amide bonds. The van der Waals surface area contributed by atoms with Gasteiger partial charge < -0.3 is 14.7 Å². The summed E-state index contributed by atoms with van der Waals surface area (Å²) >= 11 is 0. The summed E-state index contributed by atoms with van der Waals surface area (Å²) in [6, 6.07) is 0. The van der Waals surface area contributed by atoms with Gasteiger partial charge in [-0.05, 0) is 32.1 Å². The van der Waals surface area contributed by atoms with Crippen LogP contribution in [-0.4, -0.2) is 49.2 Å². The Morgan fingerprint density at radius 1 is 1.50 bits per heavy atom. The van der Waals surface area contributed by atoms with Gasteiger partial charge >= 0.3 is 5.97 Å². The lowest BCUT2D eigenvalue weighted by molar-refractivity contribution is -0.151. The molecule has 0 radical (unpaired) electrons. The van der Waals surface area contributed by atoms with Crippen LogP contribution in [0.3, 0.4) is 0 Å². The quantitative estimate of drug-likeness (QED) is 0.624. The minimum absolute atomic E-state index is 0.0824. The Bertz CT molecular complexity index is 368. The topological polar surface area (TPSA) is 66.8 Å². The van der Waals surface area contributed by atoms with Gasteiger partial charge in [0.15, 0.2) is 0 Å². The Balaban J connectivity index is 0.000000401. The lowest BCUT2D eigenvalue weighted by Gasteiger charge is -2.24. The molecule has 0 bridgehead atoms. The molecule has 5 nitrogen and oxygen atoms in total. The molecule has 0 aromatic heterocycles. The van der Waals surface area contributed by atoms with E-state index in [1.165, 1.54) is 7.11 Å². The molecule has 0 aliphatic carbocycles. The van der Waals surface area contributed by atoms with Gasteiger partial charge in [0, 0.05) is 18.5 Å². The summed E-state index contributed by atoms with van der Waals surface area (Å²) in [6.45, 7) is 13.8. The molecule has 1 heterocycles. The van der Waals surface area contributed by atoms with E-state index in [4.69, 9.17) is 5.11 Å². The lowest BCUT2D eigenvalue weighted by atomic mass is 9.82. The van der Waals surface area contributed by atoms with Crippen molar-refractivity contribution >= 4 is 12.4 Å². The van der Waals surface area contributed by atoms with Crippen molar-refractivity contribution in [2.24, 2.45) is 22.7 Å². The highest BCUT2D eigenvalue weighted by atomic mass is 16.5. The summed E-state index contributed by atoms with van der Waals surface area (Å²) in [5.41, 5.74) is -0.413. The molecule has 1 fully saturated rings. The monoisotopic (exact) mass is 315 g/mol. The predicted molar refractivity (Wildman–Crippen MR) is 87.2 cm³/mol. The molecule has 1 rings (SSSR count). The zero-order valence-corrected chi connectivity index (χ0v) is 15.2. The average Bonchev–Trinajstić information content (AvgIpc) is 2.73. The van der Waals surface area contributed by atoms with Crippen molar-refractivity contribution in [2.45, 2.75) is 48.0 Å². The Morgan fingerprint density at radius 3 is 2.32 bits per heavy atom. The number of nitrogens with zero attached hydrogens (tertiary/aromatic N) is 1. The van der Waals surface area contributed by atoms with Gasteiger partial charge in [-0.3, -0.25) is 9.59 Å². The molecular formula is C17H33NO4. The van der Waals surface area contributed by atoms with E-state index in [9.17, 15) is 9.59 Å². The van der Waals surface area contributed by atoms with E-state index in [0.717, 1.165) is 19.4 Å². The first-order chi connectivity index (χ1) is 10.0. The first-order valence-corrected chi connectivity index (χ1v) is 7.91. The van der Waals surface area contributed by atoms with Crippen LogP contribution < -0.4 is 0 Å². The van der Waals surface area contributed by atoms with Crippen molar-refractivity contribution in [3.8, 4) is 0 Å². The molecule has 1 aliphatic heterocycles. The molecule has 2 unspecified atom stereocenters. The van der Waals surface area contributed by atoms with Crippen molar-refractivity contribution in [1.82, 2.24) is 4.90 Å². The molecular weight excluding hydrogens is 282 g/mol. The molecule has 1 N–H and O–H groups in total. The van der Waals surface area contributed by atoms with E-state index >= 15 is 0 Å². The number of aliphatic hydroxyl groups excluding tert-OH is 1. The summed E-state index contributed by atoms with van der Waals surface area (Å²) < 4.78 is 4.68. The standard InChI is InChI=1S/C9H18O2.C8H15NO2/c1-7(2)6-9(3,4)8(10)11-5;1-7-3-9(6-11)4-8(7,2)5-10/h7H,6H2,1-5H3;6-7,10H,3-5H2,1-2H3. The Hall–Kier alpha value is -1.10. The maximum Gasteiger partial charge on any atom is 0.311 e. The van der Waals surface area contributed by atoms with Crippen LogP contribution in [0.25, 0.3) is 0 Å². The van der Waals surface area contributed by atoms with Crippen molar-refractivity contribution in [3.63, 3.8) is 0 Å². The van der Waals surface area contributed by atoms with Crippen LogP contribution >= 0.6 is 0 Å². The molecule has 2 atom stereocenters. The van der Waals surface area contributed by atoms with E-state index < -0.39 is 0 Å². The van der Waals surface area contributed by atoms with Crippen molar-refractivity contribution in [3.05, 3.63) is 0 Å². The zero-order chi connectivity index (χ0) is 17.6. The number of amides is 1. The summed E-state index contributed by atoms with van der Waals surface area (Å²) in [7, 11) is 1.43. The van der Waals surface area contributed by atoms with Crippen LogP contribution in [0.4, 0.5) is 0 Å². The number of carbonyl (C=O) groups excluding carboxylic acids is 2. The van der Waals surface area contributed by atoms with E-state index in [2.05, 4.69) is 25.5 Å². The highest BCUT2D eigenvalue weighted by Crippen LogP contribution is 2.33. The van der Waals surface area contributed by atoms with E-state index in [-0.39, 0.29) is 23.4 Å². The molecule has 1 saturated heterocycles. The third kappa shape index (κ3) is 5.95. The predicted octanol–water partition coefficient (Wildman–Crippen LogP) is 2.32. The zero-order valence-electron chi connectivity index (χ0n) is 15.2. The van der Waals surface area contributed by atoms with Crippen LogP contribution in [0.1, 0.15) is 48.0 Å². The molecule has 0 saturated carbocycles. The molecule has 0 aromatic carbocycles. The third-order valence-electron chi connectivity index (χ3n) is 4.43. The number of aliphatic hydroxyl groups is 1. The fraction of sp³-hybridized carbons (Fsp3) is 0.882. The third-order valence-corrected chi connectivity index (χ3v) is 4.43. The average molecular weight is 315 g/mol. The highest BCUT2D eigenvalue weighted by Gasteiger charge is 2.39. The van der Waals surface area contributed by atoms with Crippen LogP contribution in [-0.2, 0) is 14.3 Å². The number of hydrogen-bond acceptors (Lipinski definition) is 4. The number of esters is 1. The number of likely N-dealkylation sites (tertiary alicyclic amines) is 1. The number of methoxy groups -OCH3 is 1. The molecule has 5 heteroatoms. The molecule has 22 heavy (non-hydrogen) atoms. The van der Waals surface area contributed by atoms with Crippen LogP contribution in [0.2, 0.25) is 0 Å². The minimum atomic E-state index is -0.330. The summed E-state index contributed by atoms with van der Waals surface area (Å²) in [6.07, 6.45) is 1.73. The van der Waals surface area contributed by atoms with E-state index in [1.807, 2.05) is 20.8 Å². The number of hydrogen-bond donors (Lipinski definition) is 1. The number of ether oxygens (including phenoxy) is 1. The van der Waals surface area contributed by atoms with Crippen molar-refractivity contribution < 1.29 is 19.4 Å². The smallest absolute Gasteiger partial charge is 0.311 e. The second-order valence-electron chi connectivity index (χ2n) is 7.72. The van der Waals surface area contributed by atoms with Crippen LogP contribution in [0, 0.1) is 22.7 Å². The van der Waals surface area contributed by atoms with Crippen molar-refractivity contribution in [1.29, 1.82) is 0 Å². The molecule has 1 aliphatic rings. The Labute approximate surface area is 135 Å². The van der Waals surface area contributed by atoms with Gasteiger partial charge in [-0.2, -0.15) is 0 Å². The van der Waals surface area contributed by atoms with Crippen molar-refractivity contribution in [2.75, 3.05) is 26.8 Å². The second-order valence-corrected chi connectivity index (χ2v) is 7.72. The van der Waals surface area contributed by atoms with Crippen LogP contribution in [0.15, 0.2) is 0 Å². The summed E-state index contributed by atoms with van der Waals surface area (Å²) in [5, 5.41) is 9.07. The van der Waals surface area contributed by atoms with Gasteiger partial charge in [0.1, 0.15) is 0 Å². The van der Waals surface area contributed by atoms with Crippen LogP contribution in [0.5, 0.6) is 0 Å². The van der Waals surface area contributed by atoms with Gasteiger partial charge in [-0.25, -0.2) is 0 Å². The summed E-state index contributed by atoms with van der Waals surface area (Å²) in [4.78, 5) is 23.3. The first kappa shape index (κ1) is 20.9. The molecule has 0 aromatic rings. The minimum Gasteiger partial charge on any atom is -0.469 e. The maximum atomic E-state index is 11.1. The number of rotatable bonds is 5. The first-order valence-electron chi connectivity index (χ1n) is 7.91. The van der Waals surface area contributed by atoms with Gasteiger partial charge in [0.05, 0.1) is 19.1 Å². The summed E-state index contributed by atoms with van der Waals surface area (Å²) in [5.74, 6) is 0.813. The van der Waals surface area contributed by atoms with Gasteiger partial charge in [-0.1, -0.05) is 27.7 Å². The van der Waals surface area contributed by atoms with E-state index in [1.54, 1.807) is 4.90 Å². The fourth-order valence-electron chi connectivity index (χ4n) is 2.92. The maximum absolute atomic E-state index is 11.1. The van der Waals surface area contributed by atoms with E-state index in [0.29, 0.717) is 18.4 Å². The van der Waals surface area contributed by atoms with Gasteiger partial charge in [0.2, 0.25) is 6.41 Å². The molecule has 0 spiro atoms. The largest absolute Gasteiger partial charge is 0.469 e. The fourth-order valence-corrected chi connectivity index (χ4v) is 2.92. The molecule has 130 valence electrons. The number of carbonyl (C=O) groups is 2.